The van der Waals surface area contributed by atoms with Crippen LogP contribution >= 0.6 is 0 Å². The van der Waals surface area contributed by atoms with Crippen LogP contribution in [0.2, 0.25) is 0 Å². The molecule has 60 valence electrons. The fourth-order valence-electron chi connectivity index (χ4n) is 1.41. The van der Waals surface area contributed by atoms with Crippen molar-refractivity contribution in [1.29, 1.82) is 0 Å². The highest BCUT2D eigenvalue weighted by atomic mass is 16.5. The molecule has 1 aliphatic rings. The molecule has 1 heteroatoms. The average Bonchev–Trinajstić information content (AvgIpc) is 1.92. The van der Waals surface area contributed by atoms with Gasteiger partial charge in [-0.2, -0.15) is 0 Å². The quantitative estimate of drug-likeness (QED) is 0.505. The third-order valence-electron chi connectivity index (χ3n) is 2.49. The SMILES string of the molecule is CC1CCCCCOC1C. The van der Waals surface area contributed by atoms with E-state index < -0.39 is 0 Å². The minimum Gasteiger partial charge on any atom is -0.378 e. The van der Waals surface area contributed by atoms with Gasteiger partial charge in [-0.1, -0.05) is 19.8 Å². The van der Waals surface area contributed by atoms with Gasteiger partial charge in [0.05, 0.1) is 6.10 Å². The summed E-state index contributed by atoms with van der Waals surface area (Å²) in [7, 11) is 0. The molecule has 2 unspecified atom stereocenters. The summed E-state index contributed by atoms with van der Waals surface area (Å²) in [5.41, 5.74) is 0. The second kappa shape index (κ2) is 3.97. The molecule has 0 aliphatic carbocycles. The Balaban J connectivity index is 2.28. The van der Waals surface area contributed by atoms with E-state index in [0.717, 1.165) is 12.5 Å². The summed E-state index contributed by atoms with van der Waals surface area (Å²) in [4.78, 5) is 0. The van der Waals surface area contributed by atoms with Crippen LogP contribution in [0, 0.1) is 5.92 Å². The monoisotopic (exact) mass is 142 g/mol. The first-order valence-electron chi connectivity index (χ1n) is 4.42. The summed E-state index contributed by atoms with van der Waals surface area (Å²) in [6.07, 6.45) is 5.85. The zero-order valence-corrected chi connectivity index (χ0v) is 7.10. The Hall–Kier alpha value is -0.0400. The summed E-state index contributed by atoms with van der Waals surface area (Å²) < 4.78 is 5.60. The first kappa shape index (κ1) is 8.06. The highest BCUT2D eigenvalue weighted by Gasteiger charge is 2.13. The average molecular weight is 142 g/mol. The van der Waals surface area contributed by atoms with Crippen LogP contribution in [0.25, 0.3) is 0 Å². The fraction of sp³-hybridized carbons (Fsp3) is 1.00. The van der Waals surface area contributed by atoms with E-state index in [4.69, 9.17) is 4.74 Å². The molecule has 0 aromatic heterocycles. The first-order valence-corrected chi connectivity index (χ1v) is 4.42. The summed E-state index contributed by atoms with van der Waals surface area (Å²) in [6, 6.07) is 0. The van der Waals surface area contributed by atoms with Gasteiger partial charge in [0.2, 0.25) is 0 Å². The van der Waals surface area contributed by atoms with Crippen molar-refractivity contribution in [2.45, 2.75) is 45.6 Å². The van der Waals surface area contributed by atoms with Gasteiger partial charge in [0, 0.05) is 6.61 Å². The van der Waals surface area contributed by atoms with Crippen LogP contribution in [0.5, 0.6) is 0 Å². The minimum absolute atomic E-state index is 0.486. The lowest BCUT2D eigenvalue weighted by Gasteiger charge is -2.22. The molecule has 0 N–H and O–H groups in total. The van der Waals surface area contributed by atoms with Gasteiger partial charge >= 0.3 is 0 Å². The third-order valence-corrected chi connectivity index (χ3v) is 2.49. The van der Waals surface area contributed by atoms with Gasteiger partial charge in [-0.3, -0.25) is 0 Å². The number of rotatable bonds is 0. The van der Waals surface area contributed by atoms with Crippen molar-refractivity contribution < 1.29 is 4.74 Å². The topological polar surface area (TPSA) is 9.23 Å². The molecule has 2 atom stereocenters. The Kier molecular flexibility index (Phi) is 3.20. The van der Waals surface area contributed by atoms with E-state index >= 15 is 0 Å². The predicted molar refractivity (Wildman–Crippen MR) is 43.0 cm³/mol. The van der Waals surface area contributed by atoms with Crippen molar-refractivity contribution in [3.8, 4) is 0 Å². The molecule has 1 rings (SSSR count). The fourth-order valence-corrected chi connectivity index (χ4v) is 1.41. The number of hydrogen-bond donors (Lipinski definition) is 0. The van der Waals surface area contributed by atoms with Crippen LogP contribution in [0.1, 0.15) is 39.5 Å². The number of ether oxygens (including phenoxy) is 1. The van der Waals surface area contributed by atoms with Crippen LogP contribution in [-0.2, 0) is 4.74 Å². The van der Waals surface area contributed by atoms with Crippen molar-refractivity contribution in [3.05, 3.63) is 0 Å². The highest BCUT2D eigenvalue weighted by molar-refractivity contribution is 4.63. The molecule has 0 radical (unpaired) electrons. The van der Waals surface area contributed by atoms with Crippen molar-refractivity contribution in [1.82, 2.24) is 0 Å². The molecule has 1 aliphatic heterocycles. The zero-order chi connectivity index (χ0) is 7.40. The maximum absolute atomic E-state index is 5.60. The Morgan fingerprint density at radius 3 is 2.70 bits per heavy atom. The van der Waals surface area contributed by atoms with E-state index in [1.165, 1.54) is 25.7 Å². The maximum Gasteiger partial charge on any atom is 0.0572 e. The molecule has 10 heavy (non-hydrogen) atoms. The van der Waals surface area contributed by atoms with Gasteiger partial charge in [-0.05, 0) is 25.7 Å². The van der Waals surface area contributed by atoms with Crippen molar-refractivity contribution in [2.24, 2.45) is 5.92 Å². The molecule has 0 saturated carbocycles. The van der Waals surface area contributed by atoms with Gasteiger partial charge in [-0.25, -0.2) is 0 Å². The maximum atomic E-state index is 5.60. The van der Waals surface area contributed by atoms with Gasteiger partial charge in [0.1, 0.15) is 0 Å². The van der Waals surface area contributed by atoms with Crippen LogP contribution < -0.4 is 0 Å². The van der Waals surface area contributed by atoms with E-state index in [-0.39, 0.29) is 0 Å². The largest absolute Gasteiger partial charge is 0.378 e. The molecule has 1 saturated heterocycles. The lowest BCUT2D eigenvalue weighted by molar-refractivity contribution is 0.0160. The second-order valence-corrected chi connectivity index (χ2v) is 3.40. The lowest BCUT2D eigenvalue weighted by atomic mass is 9.97. The van der Waals surface area contributed by atoms with Crippen molar-refractivity contribution in [3.63, 3.8) is 0 Å². The molecular formula is C9H18O. The molecule has 1 nitrogen and oxygen atoms in total. The van der Waals surface area contributed by atoms with Crippen LogP contribution in [0.4, 0.5) is 0 Å². The Morgan fingerprint density at radius 1 is 1.10 bits per heavy atom. The minimum atomic E-state index is 0.486. The third kappa shape index (κ3) is 2.30. The summed E-state index contributed by atoms with van der Waals surface area (Å²) >= 11 is 0. The van der Waals surface area contributed by atoms with Crippen LogP contribution in [0.15, 0.2) is 0 Å². The van der Waals surface area contributed by atoms with Gasteiger partial charge < -0.3 is 4.74 Å². The van der Waals surface area contributed by atoms with E-state index in [9.17, 15) is 0 Å². The Bertz CT molecular complexity index is 78.7. The molecule has 1 fully saturated rings. The van der Waals surface area contributed by atoms with E-state index in [0.29, 0.717) is 6.10 Å². The molecule has 0 aromatic rings. The predicted octanol–water partition coefficient (Wildman–Crippen LogP) is 2.60. The van der Waals surface area contributed by atoms with Gasteiger partial charge in [-0.15, -0.1) is 0 Å². The molecule has 1 heterocycles. The summed E-state index contributed by atoms with van der Waals surface area (Å²) in [6.45, 7) is 5.46. The van der Waals surface area contributed by atoms with E-state index in [2.05, 4.69) is 13.8 Å². The first-order chi connectivity index (χ1) is 4.80. The molecular weight excluding hydrogens is 124 g/mol. The summed E-state index contributed by atoms with van der Waals surface area (Å²) in [5, 5.41) is 0. The second-order valence-electron chi connectivity index (χ2n) is 3.40. The van der Waals surface area contributed by atoms with E-state index in [1.54, 1.807) is 0 Å². The Labute approximate surface area is 63.8 Å². The van der Waals surface area contributed by atoms with Crippen LogP contribution in [-0.4, -0.2) is 12.7 Å². The molecule has 0 aromatic carbocycles. The molecule has 0 spiro atoms. The van der Waals surface area contributed by atoms with Gasteiger partial charge in [0.15, 0.2) is 0 Å². The lowest BCUT2D eigenvalue weighted by Crippen LogP contribution is -2.20. The molecule has 0 amide bonds. The summed E-state index contributed by atoms with van der Waals surface area (Å²) in [5.74, 6) is 0.764. The van der Waals surface area contributed by atoms with Crippen molar-refractivity contribution >= 4 is 0 Å². The zero-order valence-electron chi connectivity index (χ0n) is 7.10. The van der Waals surface area contributed by atoms with E-state index in [1.807, 2.05) is 0 Å². The smallest absolute Gasteiger partial charge is 0.0572 e. The number of hydrogen-bond acceptors (Lipinski definition) is 1. The van der Waals surface area contributed by atoms with Gasteiger partial charge in [0.25, 0.3) is 0 Å². The van der Waals surface area contributed by atoms with Crippen LogP contribution in [0.3, 0.4) is 0 Å². The standard InChI is InChI=1S/C9H18O/c1-8-6-4-3-5-7-10-9(8)2/h8-9H,3-7H2,1-2H3. The van der Waals surface area contributed by atoms with Crippen molar-refractivity contribution in [2.75, 3.05) is 6.61 Å². The molecule has 0 bridgehead atoms. The Morgan fingerprint density at radius 2 is 1.90 bits per heavy atom. The normalized spacial score (nSPS) is 36.6. The highest BCUT2D eigenvalue weighted by Crippen LogP contribution is 2.18.